The van der Waals surface area contributed by atoms with Crippen LogP contribution in [0.1, 0.15) is 0 Å². The number of anilines is 1. The number of hydrogen-bond donors (Lipinski definition) is 1. The van der Waals surface area contributed by atoms with Crippen LogP contribution in [0.15, 0.2) is 28.9 Å². The van der Waals surface area contributed by atoms with E-state index in [0.717, 1.165) is 20.2 Å². The van der Waals surface area contributed by atoms with Crippen LogP contribution in [-0.2, 0) is 0 Å². The van der Waals surface area contributed by atoms with Gasteiger partial charge < -0.3 is 10.2 Å². The van der Waals surface area contributed by atoms with Crippen LogP contribution >= 0.6 is 22.6 Å². The monoisotopic (exact) mass is 259 g/mol. The summed E-state index contributed by atoms with van der Waals surface area (Å²) in [5.41, 5.74) is 7.36. The van der Waals surface area contributed by atoms with Gasteiger partial charge >= 0.3 is 0 Å². The minimum absolute atomic E-state index is 0.772. The van der Waals surface area contributed by atoms with E-state index in [9.17, 15) is 0 Å². The maximum absolute atomic E-state index is 5.71. The van der Waals surface area contributed by atoms with Gasteiger partial charge in [-0.2, -0.15) is 0 Å². The average Bonchev–Trinajstić information content (AvgIpc) is 2.45. The molecule has 0 spiro atoms. The SMILES string of the molecule is Nc1ccc(I)c2occc12. The Morgan fingerprint density at radius 3 is 2.82 bits per heavy atom. The maximum atomic E-state index is 5.71. The molecule has 11 heavy (non-hydrogen) atoms. The number of fused-ring (bicyclic) bond motifs is 1. The van der Waals surface area contributed by atoms with Gasteiger partial charge in [-0.1, -0.05) is 0 Å². The Morgan fingerprint density at radius 2 is 2.09 bits per heavy atom. The number of rotatable bonds is 0. The minimum atomic E-state index is 0.772. The summed E-state index contributed by atoms with van der Waals surface area (Å²) in [7, 11) is 0. The summed E-state index contributed by atoms with van der Waals surface area (Å²) < 4.78 is 6.34. The van der Waals surface area contributed by atoms with Crippen molar-refractivity contribution in [3.8, 4) is 0 Å². The van der Waals surface area contributed by atoms with Gasteiger partial charge in [0.1, 0.15) is 5.58 Å². The van der Waals surface area contributed by atoms with Crippen LogP contribution in [0.3, 0.4) is 0 Å². The van der Waals surface area contributed by atoms with Crippen molar-refractivity contribution in [2.24, 2.45) is 0 Å². The zero-order valence-corrected chi connectivity index (χ0v) is 7.83. The van der Waals surface area contributed by atoms with Gasteiger partial charge in [0.2, 0.25) is 0 Å². The van der Waals surface area contributed by atoms with Crippen molar-refractivity contribution in [3.05, 3.63) is 28.0 Å². The molecule has 0 fully saturated rings. The van der Waals surface area contributed by atoms with Crippen molar-refractivity contribution in [1.82, 2.24) is 0 Å². The summed E-state index contributed by atoms with van der Waals surface area (Å²) >= 11 is 2.22. The summed E-state index contributed by atoms with van der Waals surface area (Å²) in [5.74, 6) is 0. The van der Waals surface area contributed by atoms with Crippen LogP contribution in [0, 0.1) is 3.57 Å². The molecule has 1 heterocycles. The van der Waals surface area contributed by atoms with Crippen molar-refractivity contribution in [1.29, 1.82) is 0 Å². The molecule has 1 aromatic heterocycles. The highest BCUT2D eigenvalue weighted by molar-refractivity contribution is 14.1. The number of nitrogen functional groups attached to an aromatic ring is 1. The molecule has 0 aliphatic rings. The van der Waals surface area contributed by atoms with Gasteiger partial charge in [-0.15, -0.1) is 0 Å². The molecule has 0 radical (unpaired) electrons. The third kappa shape index (κ3) is 0.994. The highest BCUT2D eigenvalue weighted by atomic mass is 127. The van der Waals surface area contributed by atoms with Gasteiger partial charge in [0, 0.05) is 11.1 Å². The van der Waals surface area contributed by atoms with Gasteiger partial charge in [0.25, 0.3) is 0 Å². The summed E-state index contributed by atoms with van der Waals surface area (Å²) in [5, 5.41) is 0.997. The summed E-state index contributed by atoms with van der Waals surface area (Å²) in [6, 6.07) is 5.72. The van der Waals surface area contributed by atoms with E-state index >= 15 is 0 Å². The smallest absolute Gasteiger partial charge is 0.149 e. The second-order valence-corrected chi connectivity index (χ2v) is 3.46. The van der Waals surface area contributed by atoms with Crippen LogP contribution in [0.4, 0.5) is 5.69 Å². The van der Waals surface area contributed by atoms with E-state index in [2.05, 4.69) is 22.6 Å². The van der Waals surface area contributed by atoms with Gasteiger partial charge in [-0.05, 0) is 40.8 Å². The molecule has 2 N–H and O–H groups in total. The van der Waals surface area contributed by atoms with Crippen LogP contribution in [0.2, 0.25) is 0 Å². The topological polar surface area (TPSA) is 39.2 Å². The van der Waals surface area contributed by atoms with Gasteiger partial charge in [-0.3, -0.25) is 0 Å². The molecule has 0 atom stereocenters. The largest absolute Gasteiger partial charge is 0.463 e. The highest BCUT2D eigenvalue weighted by Gasteiger charge is 2.03. The highest BCUT2D eigenvalue weighted by Crippen LogP contribution is 2.26. The Morgan fingerprint density at radius 1 is 1.27 bits per heavy atom. The molecule has 0 saturated carbocycles. The molecule has 2 aromatic rings. The van der Waals surface area contributed by atoms with E-state index in [4.69, 9.17) is 10.2 Å². The number of hydrogen-bond acceptors (Lipinski definition) is 2. The van der Waals surface area contributed by atoms with Crippen molar-refractivity contribution < 1.29 is 4.42 Å². The van der Waals surface area contributed by atoms with Crippen LogP contribution in [-0.4, -0.2) is 0 Å². The Hall–Kier alpha value is -0.710. The quantitative estimate of drug-likeness (QED) is 0.583. The lowest BCUT2D eigenvalue weighted by molar-refractivity contribution is 0.614. The Kier molecular flexibility index (Phi) is 1.52. The normalized spacial score (nSPS) is 10.6. The number of furan rings is 1. The molecule has 2 rings (SSSR count). The van der Waals surface area contributed by atoms with E-state index < -0.39 is 0 Å². The number of halogens is 1. The first-order chi connectivity index (χ1) is 5.29. The van der Waals surface area contributed by atoms with Crippen molar-refractivity contribution in [2.45, 2.75) is 0 Å². The van der Waals surface area contributed by atoms with E-state index in [-0.39, 0.29) is 0 Å². The fourth-order valence-corrected chi connectivity index (χ4v) is 1.65. The maximum Gasteiger partial charge on any atom is 0.149 e. The van der Waals surface area contributed by atoms with E-state index in [1.807, 2.05) is 18.2 Å². The molecule has 0 unspecified atom stereocenters. The summed E-state index contributed by atoms with van der Waals surface area (Å²) in [6.45, 7) is 0. The van der Waals surface area contributed by atoms with Gasteiger partial charge in [0.15, 0.2) is 0 Å². The number of benzene rings is 1. The predicted octanol–water partition coefficient (Wildman–Crippen LogP) is 2.62. The minimum Gasteiger partial charge on any atom is -0.463 e. The lowest BCUT2D eigenvalue weighted by atomic mass is 10.2. The average molecular weight is 259 g/mol. The molecule has 3 heteroatoms. The Balaban J connectivity index is 2.96. The molecule has 0 aliphatic heterocycles. The van der Waals surface area contributed by atoms with E-state index in [0.29, 0.717) is 0 Å². The number of nitrogens with two attached hydrogens (primary N) is 1. The summed E-state index contributed by atoms with van der Waals surface area (Å²) in [4.78, 5) is 0. The van der Waals surface area contributed by atoms with Crippen LogP contribution in [0.25, 0.3) is 11.0 Å². The standard InChI is InChI=1S/C8H6INO/c9-6-1-2-7(10)5-3-4-11-8(5)6/h1-4H,10H2. The van der Waals surface area contributed by atoms with Crippen molar-refractivity contribution in [2.75, 3.05) is 5.73 Å². The Bertz CT molecular complexity index is 358. The Labute approximate surface area is 77.5 Å². The third-order valence-corrected chi connectivity index (χ3v) is 2.45. The molecular weight excluding hydrogens is 253 g/mol. The van der Waals surface area contributed by atoms with Crippen molar-refractivity contribution >= 4 is 39.2 Å². The molecule has 0 saturated heterocycles. The molecular formula is C8H6INO. The van der Waals surface area contributed by atoms with Crippen LogP contribution in [0.5, 0.6) is 0 Å². The molecule has 0 amide bonds. The second kappa shape index (κ2) is 2.41. The van der Waals surface area contributed by atoms with Gasteiger partial charge in [0.05, 0.1) is 9.83 Å². The molecule has 56 valence electrons. The third-order valence-electron chi connectivity index (χ3n) is 1.60. The first-order valence-electron chi connectivity index (χ1n) is 3.20. The summed E-state index contributed by atoms with van der Waals surface area (Å²) in [6.07, 6.45) is 1.66. The first-order valence-corrected chi connectivity index (χ1v) is 4.28. The van der Waals surface area contributed by atoms with Crippen LogP contribution < -0.4 is 5.73 Å². The van der Waals surface area contributed by atoms with E-state index in [1.54, 1.807) is 6.26 Å². The first kappa shape index (κ1) is 6.97. The van der Waals surface area contributed by atoms with Gasteiger partial charge in [-0.25, -0.2) is 0 Å². The zero-order chi connectivity index (χ0) is 7.84. The second-order valence-electron chi connectivity index (χ2n) is 2.30. The van der Waals surface area contributed by atoms with E-state index in [1.165, 1.54) is 0 Å². The molecule has 1 aromatic carbocycles. The fourth-order valence-electron chi connectivity index (χ4n) is 1.05. The predicted molar refractivity (Wildman–Crippen MR) is 53.3 cm³/mol. The lowest BCUT2D eigenvalue weighted by Crippen LogP contribution is -1.84. The van der Waals surface area contributed by atoms with Crippen molar-refractivity contribution in [3.63, 3.8) is 0 Å². The zero-order valence-electron chi connectivity index (χ0n) is 5.67. The molecule has 2 nitrogen and oxygen atoms in total. The fraction of sp³-hybridized carbons (Fsp3) is 0. The molecule has 0 bridgehead atoms. The molecule has 0 aliphatic carbocycles. The lowest BCUT2D eigenvalue weighted by Gasteiger charge is -1.95.